The van der Waals surface area contributed by atoms with Crippen LogP contribution in [0.3, 0.4) is 0 Å². The van der Waals surface area contributed by atoms with Gasteiger partial charge in [0.05, 0.1) is 11.7 Å². The molecule has 1 aliphatic heterocycles. The Balaban J connectivity index is 2.33. The highest BCUT2D eigenvalue weighted by molar-refractivity contribution is 7.89. The monoisotopic (exact) mass is 277 g/mol. The maximum atomic E-state index is 11.8. The number of hydrogen-bond acceptors (Lipinski definition) is 4. The van der Waals surface area contributed by atoms with E-state index < -0.39 is 10.0 Å². The topological polar surface area (TPSA) is 78.5 Å². The molecule has 2 unspecified atom stereocenters. The zero-order valence-electron chi connectivity index (χ0n) is 11.3. The Morgan fingerprint density at radius 3 is 2.61 bits per heavy atom. The third-order valence-electron chi connectivity index (χ3n) is 3.16. The molecule has 1 aliphatic rings. The van der Waals surface area contributed by atoms with Crippen LogP contribution in [-0.4, -0.2) is 58.1 Å². The first-order valence-electron chi connectivity index (χ1n) is 6.21. The van der Waals surface area contributed by atoms with E-state index in [1.807, 2.05) is 0 Å². The molecule has 0 bridgehead atoms. The third-order valence-corrected chi connectivity index (χ3v) is 4.99. The first-order chi connectivity index (χ1) is 8.33. The van der Waals surface area contributed by atoms with Gasteiger partial charge in [0.2, 0.25) is 15.9 Å². The Kier molecular flexibility index (Phi) is 5.55. The smallest absolute Gasteiger partial charge is 0.224 e. The minimum absolute atomic E-state index is 0.0455. The molecule has 1 heterocycles. The van der Waals surface area contributed by atoms with E-state index in [1.54, 1.807) is 0 Å². The quantitative estimate of drug-likeness (QED) is 0.692. The van der Waals surface area contributed by atoms with Crippen LogP contribution in [0.25, 0.3) is 0 Å². The van der Waals surface area contributed by atoms with Gasteiger partial charge >= 0.3 is 0 Å². The summed E-state index contributed by atoms with van der Waals surface area (Å²) in [5.41, 5.74) is 0. The summed E-state index contributed by atoms with van der Waals surface area (Å²) < 4.78 is 24.2. The lowest BCUT2D eigenvalue weighted by Gasteiger charge is -2.26. The van der Waals surface area contributed by atoms with Gasteiger partial charge in [0, 0.05) is 27.2 Å². The Bertz CT molecular complexity index is 381. The summed E-state index contributed by atoms with van der Waals surface area (Å²) in [6, 6.07) is 0. The van der Waals surface area contributed by atoms with Crippen molar-refractivity contribution in [2.24, 2.45) is 11.8 Å². The van der Waals surface area contributed by atoms with E-state index in [9.17, 15) is 13.2 Å². The van der Waals surface area contributed by atoms with Gasteiger partial charge < -0.3 is 10.6 Å². The van der Waals surface area contributed by atoms with Crippen LogP contribution in [0.15, 0.2) is 0 Å². The van der Waals surface area contributed by atoms with Gasteiger partial charge in [0.25, 0.3) is 0 Å². The highest BCUT2D eigenvalue weighted by atomic mass is 32.2. The lowest BCUT2D eigenvalue weighted by molar-refractivity contribution is -0.125. The van der Waals surface area contributed by atoms with Gasteiger partial charge in [0.1, 0.15) is 0 Å². The van der Waals surface area contributed by atoms with E-state index in [1.165, 1.54) is 18.4 Å². The molecular weight excluding hydrogens is 254 g/mol. The molecule has 0 aromatic heterocycles. The van der Waals surface area contributed by atoms with Crippen molar-refractivity contribution < 1.29 is 13.2 Å². The third kappa shape index (κ3) is 4.55. The molecule has 1 fully saturated rings. The highest BCUT2D eigenvalue weighted by Crippen LogP contribution is 2.15. The Morgan fingerprint density at radius 1 is 1.39 bits per heavy atom. The fraction of sp³-hybridized carbons (Fsp3) is 0.909. The predicted octanol–water partition coefficient (Wildman–Crippen LogP) is -0.760. The summed E-state index contributed by atoms with van der Waals surface area (Å²) in [5, 5.41) is 5.90. The number of nitrogens with one attached hydrogen (secondary N) is 2. The molecule has 2 N–H and O–H groups in total. The zero-order valence-corrected chi connectivity index (χ0v) is 12.1. The molecule has 18 heavy (non-hydrogen) atoms. The van der Waals surface area contributed by atoms with Crippen molar-refractivity contribution >= 4 is 15.9 Å². The predicted molar refractivity (Wildman–Crippen MR) is 70.6 cm³/mol. The molecule has 0 radical (unpaired) electrons. The van der Waals surface area contributed by atoms with E-state index in [0.29, 0.717) is 12.5 Å². The molecule has 1 saturated heterocycles. The molecule has 0 aromatic rings. The van der Waals surface area contributed by atoms with Gasteiger partial charge in [0.15, 0.2) is 0 Å². The van der Waals surface area contributed by atoms with Gasteiger partial charge in [-0.15, -0.1) is 0 Å². The normalized spacial score (nSPS) is 25.1. The molecule has 0 saturated carbocycles. The van der Waals surface area contributed by atoms with Crippen LogP contribution < -0.4 is 10.6 Å². The minimum atomic E-state index is -3.23. The highest BCUT2D eigenvalue weighted by Gasteiger charge is 2.24. The Hall–Kier alpha value is -0.660. The SMILES string of the molecule is CC1CNCC(C(=O)NCCS(=O)(=O)N(C)C)C1. The molecular formula is C11H23N3O3S. The van der Waals surface area contributed by atoms with Crippen molar-refractivity contribution in [1.29, 1.82) is 0 Å². The van der Waals surface area contributed by atoms with Crippen molar-refractivity contribution in [3.05, 3.63) is 0 Å². The number of piperidine rings is 1. The number of hydrogen-bond donors (Lipinski definition) is 2. The van der Waals surface area contributed by atoms with Crippen molar-refractivity contribution in [2.45, 2.75) is 13.3 Å². The van der Waals surface area contributed by atoms with Crippen LogP contribution in [0.2, 0.25) is 0 Å². The lowest BCUT2D eigenvalue weighted by atomic mass is 9.91. The van der Waals surface area contributed by atoms with E-state index in [2.05, 4.69) is 17.6 Å². The molecule has 1 rings (SSSR count). The van der Waals surface area contributed by atoms with Gasteiger partial charge in [-0.05, 0) is 18.9 Å². The maximum Gasteiger partial charge on any atom is 0.224 e. The van der Waals surface area contributed by atoms with E-state index in [0.717, 1.165) is 13.0 Å². The molecule has 0 aromatic carbocycles. The van der Waals surface area contributed by atoms with Crippen molar-refractivity contribution in [2.75, 3.05) is 39.5 Å². The standard InChI is InChI=1S/C11H23N3O3S/c1-9-6-10(8-12-7-9)11(15)13-4-5-18(16,17)14(2)3/h9-10,12H,4-8H2,1-3H3,(H,13,15). The van der Waals surface area contributed by atoms with Crippen LogP contribution in [0, 0.1) is 11.8 Å². The molecule has 2 atom stereocenters. The van der Waals surface area contributed by atoms with E-state index in [-0.39, 0.29) is 24.1 Å². The molecule has 7 heteroatoms. The van der Waals surface area contributed by atoms with E-state index in [4.69, 9.17) is 0 Å². The zero-order chi connectivity index (χ0) is 13.8. The van der Waals surface area contributed by atoms with Crippen molar-refractivity contribution in [3.8, 4) is 0 Å². The second-order valence-electron chi connectivity index (χ2n) is 5.09. The average molecular weight is 277 g/mol. The summed E-state index contributed by atoms with van der Waals surface area (Å²) in [7, 11) is -0.252. The number of nitrogens with zero attached hydrogens (tertiary/aromatic N) is 1. The van der Waals surface area contributed by atoms with Gasteiger partial charge in [-0.2, -0.15) is 0 Å². The number of carbonyl (C=O) groups is 1. The van der Waals surface area contributed by atoms with Crippen LogP contribution in [-0.2, 0) is 14.8 Å². The minimum Gasteiger partial charge on any atom is -0.355 e. The Labute approximate surface area is 109 Å². The number of carbonyl (C=O) groups excluding carboxylic acids is 1. The van der Waals surface area contributed by atoms with E-state index >= 15 is 0 Å². The molecule has 0 aliphatic carbocycles. The Morgan fingerprint density at radius 2 is 2.06 bits per heavy atom. The molecule has 1 amide bonds. The number of rotatable bonds is 5. The molecule has 0 spiro atoms. The van der Waals surface area contributed by atoms with Gasteiger partial charge in [-0.1, -0.05) is 6.92 Å². The maximum absolute atomic E-state index is 11.8. The summed E-state index contributed by atoms with van der Waals surface area (Å²) in [6.07, 6.45) is 0.860. The average Bonchev–Trinajstić information content (AvgIpc) is 2.28. The van der Waals surface area contributed by atoms with Crippen LogP contribution >= 0.6 is 0 Å². The van der Waals surface area contributed by atoms with Crippen molar-refractivity contribution in [1.82, 2.24) is 14.9 Å². The first kappa shape index (κ1) is 15.4. The number of sulfonamides is 1. The van der Waals surface area contributed by atoms with Gasteiger partial charge in [-0.3, -0.25) is 4.79 Å². The van der Waals surface area contributed by atoms with Crippen LogP contribution in [0.1, 0.15) is 13.3 Å². The lowest BCUT2D eigenvalue weighted by Crippen LogP contribution is -2.44. The van der Waals surface area contributed by atoms with Gasteiger partial charge in [-0.25, -0.2) is 12.7 Å². The number of amides is 1. The summed E-state index contributed by atoms with van der Waals surface area (Å²) in [6.45, 7) is 3.89. The second-order valence-corrected chi connectivity index (χ2v) is 7.39. The second kappa shape index (κ2) is 6.49. The van der Waals surface area contributed by atoms with Crippen LogP contribution in [0.4, 0.5) is 0 Å². The van der Waals surface area contributed by atoms with Crippen LogP contribution in [0.5, 0.6) is 0 Å². The fourth-order valence-electron chi connectivity index (χ4n) is 1.99. The van der Waals surface area contributed by atoms with Crippen molar-refractivity contribution in [3.63, 3.8) is 0 Å². The largest absolute Gasteiger partial charge is 0.355 e. The molecule has 6 nitrogen and oxygen atoms in total. The fourth-order valence-corrected chi connectivity index (χ4v) is 2.71. The summed E-state index contributed by atoms with van der Waals surface area (Å²) in [4.78, 5) is 11.8. The summed E-state index contributed by atoms with van der Waals surface area (Å²) in [5.74, 6) is 0.334. The summed E-state index contributed by atoms with van der Waals surface area (Å²) >= 11 is 0. The first-order valence-corrected chi connectivity index (χ1v) is 7.82. The molecule has 106 valence electrons.